The predicted molar refractivity (Wildman–Crippen MR) is 113 cm³/mol. The molecule has 2 aromatic heterocycles. The summed E-state index contributed by atoms with van der Waals surface area (Å²) in [6.45, 7) is -0.125. The molecule has 30 heavy (non-hydrogen) atoms. The van der Waals surface area contributed by atoms with Gasteiger partial charge in [-0.15, -0.1) is 0 Å². The second-order valence-corrected chi connectivity index (χ2v) is 7.87. The van der Waals surface area contributed by atoms with Crippen molar-refractivity contribution >= 4 is 29.0 Å². The van der Waals surface area contributed by atoms with Crippen molar-refractivity contribution in [3.63, 3.8) is 0 Å². The van der Waals surface area contributed by atoms with E-state index in [2.05, 4.69) is 4.98 Å². The summed E-state index contributed by atoms with van der Waals surface area (Å²) < 4.78 is 6.53. The molecular weight excluding hydrogens is 404 g/mol. The van der Waals surface area contributed by atoms with Gasteiger partial charge in [-0.05, 0) is 55.0 Å². The molecule has 0 N–H and O–H groups in total. The summed E-state index contributed by atoms with van der Waals surface area (Å²) in [5.74, 6) is -0.571. The molecule has 0 radical (unpaired) electrons. The van der Waals surface area contributed by atoms with Gasteiger partial charge in [0, 0.05) is 24.2 Å². The van der Waals surface area contributed by atoms with E-state index < -0.39 is 5.97 Å². The Morgan fingerprint density at radius 3 is 2.67 bits per heavy atom. The van der Waals surface area contributed by atoms with E-state index in [4.69, 9.17) is 16.3 Å². The zero-order valence-corrected chi connectivity index (χ0v) is 17.2. The van der Waals surface area contributed by atoms with Crippen molar-refractivity contribution in [1.29, 1.82) is 0 Å². The maximum absolute atomic E-state index is 12.5. The number of carbonyl (C=O) groups excluding carboxylic acids is 2. The highest BCUT2D eigenvalue weighted by Crippen LogP contribution is 2.23. The molecule has 1 aliphatic rings. The highest BCUT2D eigenvalue weighted by Gasteiger charge is 2.15. The molecular formula is C23H21ClN2O4. The van der Waals surface area contributed by atoms with Crippen LogP contribution in [-0.4, -0.2) is 21.1 Å². The number of ketones is 1. The highest BCUT2D eigenvalue weighted by atomic mass is 35.5. The lowest BCUT2D eigenvalue weighted by atomic mass is 9.89. The fraction of sp³-hybridized carbons (Fsp3) is 0.304. The Morgan fingerprint density at radius 2 is 1.83 bits per heavy atom. The Kier molecular flexibility index (Phi) is 5.95. The van der Waals surface area contributed by atoms with Crippen molar-refractivity contribution in [3.05, 3.63) is 80.4 Å². The molecule has 154 valence electrons. The van der Waals surface area contributed by atoms with Gasteiger partial charge in [0.1, 0.15) is 12.3 Å². The molecule has 0 aliphatic heterocycles. The summed E-state index contributed by atoms with van der Waals surface area (Å²) in [5, 5.41) is 0.425. The van der Waals surface area contributed by atoms with E-state index in [-0.39, 0.29) is 30.8 Å². The SMILES string of the molecule is O=C(CCC(=O)c1ccc2c(c1)CCCC2)OCc1cc(=O)n2cc(Cl)ccc2n1. The molecule has 0 saturated heterocycles. The highest BCUT2D eigenvalue weighted by molar-refractivity contribution is 6.30. The Morgan fingerprint density at radius 1 is 1.03 bits per heavy atom. The molecule has 4 rings (SSSR count). The Balaban J connectivity index is 1.33. The van der Waals surface area contributed by atoms with Crippen LogP contribution < -0.4 is 5.56 Å². The summed E-state index contributed by atoms with van der Waals surface area (Å²) in [6, 6.07) is 10.4. The number of hydrogen-bond acceptors (Lipinski definition) is 5. The molecule has 1 aliphatic carbocycles. The largest absolute Gasteiger partial charge is 0.459 e. The average molecular weight is 425 g/mol. The first-order valence-electron chi connectivity index (χ1n) is 9.98. The average Bonchev–Trinajstić information content (AvgIpc) is 2.76. The van der Waals surface area contributed by atoms with Gasteiger partial charge in [0.2, 0.25) is 0 Å². The third kappa shape index (κ3) is 4.60. The minimum absolute atomic E-state index is 0.0158. The summed E-state index contributed by atoms with van der Waals surface area (Å²) in [4.78, 5) is 41.0. The molecule has 0 atom stereocenters. The van der Waals surface area contributed by atoms with Gasteiger partial charge in [-0.2, -0.15) is 0 Å². The molecule has 7 heteroatoms. The van der Waals surface area contributed by atoms with Crippen LogP contribution in [0.5, 0.6) is 0 Å². The van der Waals surface area contributed by atoms with Crippen molar-refractivity contribution < 1.29 is 14.3 Å². The van der Waals surface area contributed by atoms with Crippen LogP contribution in [0.2, 0.25) is 5.02 Å². The maximum Gasteiger partial charge on any atom is 0.306 e. The number of benzene rings is 1. The minimum Gasteiger partial charge on any atom is -0.459 e. The Hall–Kier alpha value is -2.99. The fourth-order valence-electron chi connectivity index (χ4n) is 3.69. The number of hydrogen-bond donors (Lipinski definition) is 0. The summed E-state index contributed by atoms with van der Waals surface area (Å²) in [5.41, 5.74) is 3.66. The first-order valence-corrected chi connectivity index (χ1v) is 10.4. The number of nitrogens with zero attached hydrogens (tertiary/aromatic N) is 2. The molecule has 0 saturated carbocycles. The van der Waals surface area contributed by atoms with Gasteiger partial charge < -0.3 is 4.74 Å². The standard InChI is InChI=1S/C23H21ClN2O4/c24-18-7-9-21-25-19(12-22(28)26(21)13-18)14-30-23(29)10-8-20(27)17-6-5-15-3-1-2-4-16(15)11-17/h5-7,9,11-13H,1-4,8,10,14H2. The van der Waals surface area contributed by atoms with Crippen LogP contribution in [0.25, 0.3) is 5.65 Å². The smallest absolute Gasteiger partial charge is 0.306 e. The molecule has 0 fully saturated rings. The summed E-state index contributed by atoms with van der Waals surface area (Å²) >= 11 is 5.89. The minimum atomic E-state index is -0.501. The van der Waals surface area contributed by atoms with Crippen molar-refractivity contribution in [2.24, 2.45) is 0 Å². The number of ether oxygens (including phenoxy) is 1. The van der Waals surface area contributed by atoms with E-state index in [0.717, 1.165) is 19.3 Å². The lowest BCUT2D eigenvalue weighted by Crippen LogP contribution is -2.16. The molecule has 2 heterocycles. The van der Waals surface area contributed by atoms with E-state index in [1.807, 2.05) is 18.2 Å². The van der Waals surface area contributed by atoms with Gasteiger partial charge in [-0.3, -0.25) is 18.8 Å². The van der Waals surface area contributed by atoms with Crippen LogP contribution in [0.4, 0.5) is 0 Å². The van der Waals surface area contributed by atoms with E-state index in [9.17, 15) is 14.4 Å². The first kappa shape index (κ1) is 20.3. The number of rotatable bonds is 6. The van der Waals surface area contributed by atoms with Crippen molar-refractivity contribution in [2.45, 2.75) is 45.1 Å². The molecule has 0 bridgehead atoms. The number of fused-ring (bicyclic) bond motifs is 2. The van der Waals surface area contributed by atoms with Crippen molar-refractivity contribution in [1.82, 2.24) is 9.38 Å². The predicted octanol–water partition coefficient (Wildman–Crippen LogP) is 3.93. The van der Waals surface area contributed by atoms with E-state index in [1.165, 1.54) is 34.2 Å². The van der Waals surface area contributed by atoms with Gasteiger partial charge in [0.05, 0.1) is 17.1 Å². The van der Waals surface area contributed by atoms with Crippen molar-refractivity contribution in [2.75, 3.05) is 0 Å². The summed E-state index contributed by atoms with van der Waals surface area (Å²) in [6.07, 6.45) is 5.96. The van der Waals surface area contributed by atoms with E-state index in [0.29, 0.717) is 21.9 Å². The molecule has 6 nitrogen and oxygen atoms in total. The van der Waals surface area contributed by atoms with Crippen LogP contribution in [0.15, 0.2) is 47.4 Å². The van der Waals surface area contributed by atoms with Crippen LogP contribution >= 0.6 is 11.6 Å². The normalized spacial score (nSPS) is 13.1. The lowest BCUT2D eigenvalue weighted by molar-refractivity contribution is -0.145. The zero-order chi connectivity index (χ0) is 21.1. The number of esters is 1. The molecule has 0 unspecified atom stereocenters. The zero-order valence-electron chi connectivity index (χ0n) is 16.4. The number of aromatic nitrogens is 2. The van der Waals surface area contributed by atoms with Gasteiger partial charge in [0.25, 0.3) is 5.56 Å². The van der Waals surface area contributed by atoms with E-state index in [1.54, 1.807) is 12.1 Å². The number of aryl methyl sites for hydroxylation is 2. The van der Waals surface area contributed by atoms with Gasteiger partial charge in [-0.1, -0.05) is 23.7 Å². The lowest BCUT2D eigenvalue weighted by Gasteiger charge is -2.16. The number of Topliss-reactive ketones (excluding diaryl/α,β-unsaturated/α-hetero) is 1. The third-order valence-electron chi connectivity index (χ3n) is 5.28. The monoisotopic (exact) mass is 424 g/mol. The molecule has 0 spiro atoms. The summed E-state index contributed by atoms with van der Waals surface area (Å²) in [7, 11) is 0. The van der Waals surface area contributed by atoms with Gasteiger partial charge >= 0.3 is 5.97 Å². The maximum atomic E-state index is 12.5. The molecule has 3 aromatic rings. The second kappa shape index (κ2) is 8.79. The molecule has 1 aromatic carbocycles. The van der Waals surface area contributed by atoms with Crippen LogP contribution in [0.3, 0.4) is 0 Å². The third-order valence-corrected chi connectivity index (χ3v) is 5.51. The quantitative estimate of drug-likeness (QED) is 0.442. The number of pyridine rings is 1. The Bertz CT molecular complexity index is 1190. The Labute approximate surface area is 178 Å². The van der Waals surface area contributed by atoms with Crippen molar-refractivity contribution in [3.8, 4) is 0 Å². The number of halogens is 1. The van der Waals surface area contributed by atoms with Gasteiger partial charge in [-0.25, -0.2) is 4.98 Å². The van der Waals surface area contributed by atoms with Gasteiger partial charge in [0.15, 0.2) is 5.78 Å². The first-order chi connectivity index (χ1) is 14.5. The topological polar surface area (TPSA) is 77.7 Å². The second-order valence-electron chi connectivity index (χ2n) is 7.44. The van der Waals surface area contributed by atoms with Crippen LogP contribution in [0, 0.1) is 0 Å². The fourth-order valence-corrected chi connectivity index (χ4v) is 3.85. The number of carbonyl (C=O) groups is 2. The molecule has 0 amide bonds. The van der Waals surface area contributed by atoms with Crippen LogP contribution in [-0.2, 0) is 29.0 Å². The van der Waals surface area contributed by atoms with E-state index >= 15 is 0 Å². The van der Waals surface area contributed by atoms with Crippen LogP contribution in [0.1, 0.15) is 52.9 Å².